The third-order valence-corrected chi connectivity index (χ3v) is 8.19. The Labute approximate surface area is 238 Å². The first-order valence-corrected chi connectivity index (χ1v) is 14.0. The average Bonchev–Trinajstić information content (AvgIpc) is 3.40. The van der Waals surface area contributed by atoms with Gasteiger partial charge in [-0.1, -0.05) is 23.9 Å². The molecule has 1 aliphatic heterocycles. The van der Waals surface area contributed by atoms with E-state index in [1.165, 1.54) is 21.9 Å². The van der Waals surface area contributed by atoms with Gasteiger partial charge in [-0.15, -0.1) is 11.3 Å². The Balaban J connectivity index is 0.00000400. The Hall–Kier alpha value is -2.40. The van der Waals surface area contributed by atoms with Gasteiger partial charge in [0, 0.05) is 43.8 Å². The number of thioether (sulfide) groups is 1. The van der Waals surface area contributed by atoms with E-state index in [4.69, 9.17) is 14.2 Å². The van der Waals surface area contributed by atoms with Crippen LogP contribution in [-0.2, 0) is 27.3 Å². The monoisotopic (exact) mass is 575 g/mol. The first-order chi connectivity index (χ1) is 18.1. The minimum Gasteiger partial charge on any atom is -1.00 e. The number of allylic oxidation sites excluding steroid dienone is 1. The lowest BCUT2D eigenvalue weighted by Crippen LogP contribution is -3.00. The fraction of sp³-hybridized carbons (Fsp3) is 0.357. The van der Waals surface area contributed by atoms with Crippen LogP contribution >= 0.6 is 23.1 Å². The number of hydrogen-bond acceptors (Lipinski definition) is 7. The van der Waals surface area contributed by atoms with Gasteiger partial charge in [0.1, 0.15) is 11.3 Å². The normalized spacial score (nSPS) is 14.8. The standard InChI is InChI=1S/C28H34N3O4S2.ClH/c1-4-31-27(21-22-9-7-8-14-30(22)15-16-34-19-20-35-18-17-33-3)37-25(28(31)32)12-13-26-29(2)23-10-5-6-11-24(23)36-26;/h5-14,21H,4,15-20H2,1-3H3;1H/q+1;/p-1/b25-12-,26-13-;. The highest BCUT2D eigenvalue weighted by molar-refractivity contribution is 8.03. The summed E-state index contributed by atoms with van der Waals surface area (Å²) in [5.41, 5.74) is 2.25. The quantitative estimate of drug-likeness (QED) is 0.216. The van der Waals surface area contributed by atoms with Crippen LogP contribution in [-0.4, -0.2) is 51.8 Å². The second-order valence-corrected chi connectivity index (χ2v) is 10.5. The van der Waals surface area contributed by atoms with Crippen LogP contribution in [0.1, 0.15) is 12.6 Å². The van der Waals surface area contributed by atoms with Gasteiger partial charge >= 0.3 is 0 Å². The van der Waals surface area contributed by atoms with Crippen molar-refractivity contribution in [3.05, 3.63) is 85.0 Å². The molecule has 0 saturated heterocycles. The third kappa shape index (κ3) is 7.59. The number of hydrogen-bond donors (Lipinski definition) is 0. The van der Waals surface area contributed by atoms with Crippen molar-refractivity contribution in [3.8, 4) is 0 Å². The van der Waals surface area contributed by atoms with Gasteiger partial charge in [-0.2, -0.15) is 4.57 Å². The molecule has 3 heterocycles. The zero-order chi connectivity index (χ0) is 26.0. The highest BCUT2D eigenvalue weighted by atomic mass is 35.5. The summed E-state index contributed by atoms with van der Waals surface area (Å²) >= 11 is 3.24. The Morgan fingerprint density at radius 1 is 0.974 bits per heavy atom. The van der Waals surface area contributed by atoms with Gasteiger partial charge in [-0.25, -0.2) is 0 Å². The van der Waals surface area contributed by atoms with Crippen molar-refractivity contribution < 1.29 is 31.2 Å². The van der Waals surface area contributed by atoms with E-state index in [-0.39, 0.29) is 18.0 Å². The third-order valence-electron chi connectivity index (χ3n) is 5.93. The van der Waals surface area contributed by atoms with Crippen LogP contribution < -0.4 is 36.6 Å². The zero-order valence-corrected chi connectivity index (χ0v) is 24.4. The van der Waals surface area contributed by atoms with Crippen molar-refractivity contribution in [2.24, 2.45) is 0 Å². The Morgan fingerprint density at radius 3 is 2.47 bits per heavy atom. The predicted molar refractivity (Wildman–Crippen MR) is 150 cm³/mol. The molecule has 204 valence electrons. The van der Waals surface area contributed by atoms with Crippen molar-refractivity contribution in [3.63, 3.8) is 0 Å². The van der Waals surface area contributed by atoms with Crippen LogP contribution in [0.15, 0.2) is 69.5 Å². The minimum absolute atomic E-state index is 0. The van der Waals surface area contributed by atoms with E-state index >= 15 is 0 Å². The molecule has 0 aliphatic carbocycles. The molecule has 3 aromatic rings. The lowest BCUT2D eigenvalue weighted by Gasteiger charge is -2.12. The number of thiazole rings is 1. The van der Waals surface area contributed by atoms with E-state index in [0.29, 0.717) is 46.1 Å². The van der Waals surface area contributed by atoms with Gasteiger partial charge in [-0.05, 0) is 37.3 Å². The molecule has 2 aromatic heterocycles. The van der Waals surface area contributed by atoms with Gasteiger partial charge < -0.3 is 31.5 Å². The van der Waals surface area contributed by atoms with Crippen molar-refractivity contribution in [2.45, 2.75) is 24.9 Å². The smallest absolute Gasteiger partial charge is 0.269 e. The van der Waals surface area contributed by atoms with E-state index in [9.17, 15) is 4.79 Å². The molecule has 0 radical (unpaired) electrons. The van der Waals surface area contributed by atoms with Gasteiger partial charge in [0.2, 0.25) is 5.69 Å². The minimum atomic E-state index is 0. The van der Waals surface area contributed by atoms with E-state index in [1.54, 1.807) is 18.9 Å². The molecular weight excluding hydrogens is 542 g/mol. The molecule has 0 atom stereocenters. The molecular formula is C28H34ClN3O4S2. The summed E-state index contributed by atoms with van der Waals surface area (Å²) in [5.74, 6) is 0. The Morgan fingerprint density at radius 2 is 1.71 bits per heavy atom. The molecule has 0 saturated carbocycles. The topological polar surface area (TPSA) is 56.8 Å². The number of nitrogens with zero attached hydrogens (tertiary/aromatic N) is 3. The average molecular weight is 576 g/mol. The summed E-state index contributed by atoms with van der Waals surface area (Å²) in [6.45, 7) is 6.17. The highest BCUT2D eigenvalue weighted by Gasteiger charge is 2.20. The van der Waals surface area contributed by atoms with Gasteiger partial charge in [-0.3, -0.25) is 9.36 Å². The molecule has 38 heavy (non-hydrogen) atoms. The number of benzene rings is 1. The maximum atomic E-state index is 13.2. The zero-order valence-electron chi connectivity index (χ0n) is 22.0. The molecule has 0 fully saturated rings. The largest absolute Gasteiger partial charge is 1.00 e. The fourth-order valence-electron chi connectivity index (χ4n) is 3.95. The number of ether oxygens (including phenoxy) is 3. The van der Waals surface area contributed by atoms with Crippen LogP contribution in [0.2, 0.25) is 0 Å². The van der Waals surface area contributed by atoms with Crippen molar-refractivity contribution >= 4 is 40.9 Å². The number of anilines is 1. The lowest BCUT2D eigenvalue weighted by atomic mass is 10.3. The summed E-state index contributed by atoms with van der Waals surface area (Å²) in [6, 6.07) is 14.4. The second-order valence-electron chi connectivity index (χ2n) is 8.34. The summed E-state index contributed by atoms with van der Waals surface area (Å²) < 4.78 is 21.8. The molecule has 10 heteroatoms. The van der Waals surface area contributed by atoms with Gasteiger partial charge in [0.25, 0.3) is 5.56 Å². The highest BCUT2D eigenvalue weighted by Crippen LogP contribution is 2.44. The van der Waals surface area contributed by atoms with Crippen LogP contribution in [0.5, 0.6) is 0 Å². The fourth-order valence-corrected chi connectivity index (χ4v) is 6.06. The molecule has 1 aromatic carbocycles. The number of aromatic nitrogens is 2. The first kappa shape index (κ1) is 30.1. The Bertz CT molecular complexity index is 1400. The van der Waals surface area contributed by atoms with Crippen molar-refractivity contribution in [1.29, 1.82) is 0 Å². The molecule has 1 aliphatic rings. The summed E-state index contributed by atoms with van der Waals surface area (Å²) in [5, 5.41) is 1.10. The molecule has 0 amide bonds. The molecule has 0 bridgehead atoms. The molecule has 0 unspecified atom stereocenters. The second kappa shape index (κ2) is 15.3. The number of pyridine rings is 1. The SMILES string of the molecule is CCn1c(=O)/c(=C/C=C2\Sc3ccccc3N2C)s/c1=C\c1cccc[n+]1CCOCCOCCOC.[Cl-]. The van der Waals surface area contributed by atoms with Crippen molar-refractivity contribution in [1.82, 2.24) is 4.57 Å². The van der Waals surface area contributed by atoms with Crippen molar-refractivity contribution in [2.75, 3.05) is 52.1 Å². The number of methoxy groups -OCH3 is 1. The first-order valence-electron chi connectivity index (χ1n) is 12.4. The van der Waals surface area contributed by atoms with Crippen LogP contribution in [0.3, 0.4) is 0 Å². The van der Waals surface area contributed by atoms with Crippen LogP contribution in [0.4, 0.5) is 5.69 Å². The molecule has 0 spiro atoms. The molecule has 0 N–H and O–H groups in total. The summed E-state index contributed by atoms with van der Waals surface area (Å²) in [6.07, 6.45) is 8.11. The number of para-hydroxylation sites is 1. The van der Waals surface area contributed by atoms with Crippen LogP contribution in [0, 0.1) is 0 Å². The van der Waals surface area contributed by atoms with E-state index < -0.39 is 0 Å². The number of rotatable bonds is 12. The number of halogens is 1. The van der Waals surface area contributed by atoms with Crippen LogP contribution in [0.25, 0.3) is 12.2 Å². The predicted octanol–water partition coefficient (Wildman–Crippen LogP) is -0.406. The summed E-state index contributed by atoms with van der Waals surface area (Å²) in [4.78, 5) is 16.6. The number of fused-ring (bicyclic) bond motifs is 1. The molecule has 4 rings (SSSR count). The lowest BCUT2D eigenvalue weighted by molar-refractivity contribution is -0.700. The van der Waals surface area contributed by atoms with E-state index in [2.05, 4.69) is 46.9 Å². The maximum absolute atomic E-state index is 13.2. The summed E-state index contributed by atoms with van der Waals surface area (Å²) in [7, 11) is 3.72. The van der Waals surface area contributed by atoms with E-state index in [1.807, 2.05) is 48.0 Å². The van der Waals surface area contributed by atoms with Gasteiger partial charge in [0.15, 0.2) is 12.7 Å². The molecule has 7 nitrogen and oxygen atoms in total. The Kier molecular flexibility index (Phi) is 12.1. The maximum Gasteiger partial charge on any atom is 0.269 e. The van der Waals surface area contributed by atoms with Gasteiger partial charge in [0.05, 0.1) is 41.7 Å². The van der Waals surface area contributed by atoms with E-state index in [0.717, 1.165) is 19.9 Å².